The van der Waals surface area contributed by atoms with E-state index in [0.29, 0.717) is 23.9 Å². The fraction of sp³-hybridized carbons (Fsp3) is 0.294. The summed E-state index contributed by atoms with van der Waals surface area (Å²) in [5, 5.41) is 4.11. The standard InChI is InChI=1S/C17H19N3O2/c1-12-16(22-13(2)19-12)17(21)18-9-5-10-20-11-8-14-6-3-4-7-15(14)20/h3-4,6-8,11H,5,9-10H2,1-2H3,(H,18,21). The molecule has 0 atom stereocenters. The van der Waals surface area contributed by atoms with Crippen LogP contribution in [-0.2, 0) is 6.54 Å². The van der Waals surface area contributed by atoms with Gasteiger partial charge < -0.3 is 14.3 Å². The molecule has 0 aliphatic carbocycles. The number of nitrogens with zero attached hydrogens (tertiary/aromatic N) is 2. The van der Waals surface area contributed by atoms with Gasteiger partial charge in [-0.05, 0) is 30.9 Å². The van der Waals surface area contributed by atoms with Crippen molar-refractivity contribution in [1.29, 1.82) is 0 Å². The van der Waals surface area contributed by atoms with E-state index in [1.54, 1.807) is 13.8 Å². The fourth-order valence-electron chi connectivity index (χ4n) is 2.61. The number of carbonyl (C=O) groups excluding carboxylic acids is 1. The summed E-state index contributed by atoms with van der Waals surface area (Å²) in [4.78, 5) is 16.1. The molecule has 1 N–H and O–H groups in total. The van der Waals surface area contributed by atoms with Crippen LogP contribution in [0.4, 0.5) is 0 Å². The van der Waals surface area contributed by atoms with Gasteiger partial charge in [0.2, 0.25) is 5.76 Å². The van der Waals surface area contributed by atoms with Crippen LogP contribution in [0.1, 0.15) is 28.6 Å². The Morgan fingerprint density at radius 3 is 2.86 bits per heavy atom. The fourth-order valence-corrected chi connectivity index (χ4v) is 2.61. The SMILES string of the molecule is Cc1nc(C)c(C(=O)NCCCn2ccc3ccccc32)o1. The van der Waals surface area contributed by atoms with E-state index >= 15 is 0 Å². The Balaban J connectivity index is 1.53. The zero-order chi connectivity index (χ0) is 15.5. The Morgan fingerprint density at radius 1 is 1.27 bits per heavy atom. The number of oxazole rings is 1. The van der Waals surface area contributed by atoms with Crippen molar-refractivity contribution >= 4 is 16.8 Å². The molecule has 1 amide bonds. The summed E-state index contributed by atoms with van der Waals surface area (Å²) in [6.07, 6.45) is 2.94. The van der Waals surface area contributed by atoms with Gasteiger partial charge in [0, 0.05) is 31.7 Å². The number of fused-ring (bicyclic) bond motifs is 1. The molecule has 0 radical (unpaired) electrons. The molecular formula is C17H19N3O2. The number of benzene rings is 1. The molecule has 0 unspecified atom stereocenters. The minimum absolute atomic E-state index is 0.199. The maximum absolute atomic E-state index is 12.0. The molecule has 5 nitrogen and oxygen atoms in total. The van der Waals surface area contributed by atoms with Crippen LogP contribution in [-0.4, -0.2) is 22.0 Å². The largest absolute Gasteiger partial charge is 0.436 e. The van der Waals surface area contributed by atoms with Gasteiger partial charge in [0.1, 0.15) is 0 Å². The van der Waals surface area contributed by atoms with Crippen LogP contribution in [0, 0.1) is 13.8 Å². The van der Waals surface area contributed by atoms with Crippen LogP contribution in [0.15, 0.2) is 40.9 Å². The van der Waals surface area contributed by atoms with Crippen molar-refractivity contribution in [2.24, 2.45) is 0 Å². The lowest BCUT2D eigenvalue weighted by Gasteiger charge is -2.06. The third kappa shape index (κ3) is 2.88. The Morgan fingerprint density at radius 2 is 2.09 bits per heavy atom. The summed E-state index contributed by atoms with van der Waals surface area (Å²) >= 11 is 0. The second-order valence-electron chi connectivity index (χ2n) is 5.32. The zero-order valence-electron chi connectivity index (χ0n) is 12.8. The van der Waals surface area contributed by atoms with Crippen molar-refractivity contribution in [1.82, 2.24) is 14.9 Å². The minimum Gasteiger partial charge on any atom is -0.436 e. The first-order valence-corrected chi connectivity index (χ1v) is 7.41. The molecule has 3 aromatic rings. The average molecular weight is 297 g/mol. The lowest BCUT2D eigenvalue weighted by Crippen LogP contribution is -2.25. The van der Waals surface area contributed by atoms with Gasteiger partial charge in [-0.2, -0.15) is 0 Å². The molecule has 114 valence electrons. The molecule has 0 aliphatic rings. The highest BCUT2D eigenvalue weighted by molar-refractivity contribution is 5.92. The normalized spacial score (nSPS) is 11.0. The highest BCUT2D eigenvalue weighted by Crippen LogP contribution is 2.15. The zero-order valence-corrected chi connectivity index (χ0v) is 12.8. The van der Waals surface area contributed by atoms with Crippen LogP contribution in [0.3, 0.4) is 0 Å². The monoisotopic (exact) mass is 297 g/mol. The van der Waals surface area contributed by atoms with E-state index in [1.165, 1.54) is 10.9 Å². The molecule has 2 aromatic heterocycles. The lowest BCUT2D eigenvalue weighted by atomic mass is 10.2. The van der Waals surface area contributed by atoms with Crippen LogP contribution >= 0.6 is 0 Å². The maximum atomic E-state index is 12.0. The molecule has 0 fully saturated rings. The number of para-hydroxylation sites is 1. The smallest absolute Gasteiger partial charge is 0.289 e. The lowest BCUT2D eigenvalue weighted by molar-refractivity contribution is 0.0923. The predicted molar refractivity (Wildman–Crippen MR) is 84.9 cm³/mol. The van der Waals surface area contributed by atoms with E-state index in [-0.39, 0.29) is 5.91 Å². The molecule has 0 aliphatic heterocycles. The van der Waals surface area contributed by atoms with Crippen LogP contribution in [0.5, 0.6) is 0 Å². The van der Waals surface area contributed by atoms with Crippen LogP contribution in [0.2, 0.25) is 0 Å². The van der Waals surface area contributed by atoms with Gasteiger partial charge in [0.15, 0.2) is 5.89 Å². The second-order valence-corrected chi connectivity index (χ2v) is 5.32. The molecule has 0 saturated heterocycles. The topological polar surface area (TPSA) is 60.1 Å². The number of amides is 1. The summed E-state index contributed by atoms with van der Waals surface area (Å²) in [7, 11) is 0. The molecule has 2 heterocycles. The van der Waals surface area contributed by atoms with E-state index in [2.05, 4.69) is 39.3 Å². The summed E-state index contributed by atoms with van der Waals surface area (Å²) in [5.41, 5.74) is 1.85. The summed E-state index contributed by atoms with van der Waals surface area (Å²) in [6, 6.07) is 10.4. The van der Waals surface area contributed by atoms with Crippen molar-refractivity contribution < 1.29 is 9.21 Å². The third-order valence-electron chi connectivity index (χ3n) is 3.65. The van der Waals surface area contributed by atoms with Gasteiger partial charge in [-0.3, -0.25) is 4.79 Å². The van der Waals surface area contributed by atoms with Gasteiger partial charge in [-0.1, -0.05) is 18.2 Å². The maximum Gasteiger partial charge on any atom is 0.289 e. The summed E-state index contributed by atoms with van der Waals surface area (Å²) < 4.78 is 7.51. The van der Waals surface area contributed by atoms with Gasteiger partial charge >= 0.3 is 0 Å². The Hall–Kier alpha value is -2.56. The van der Waals surface area contributed by atoms with Crippen molar-refractivity contribution in [3.63, 3.8) is 0 Å². The van der Waals surface area contributed by atoms with E-state index in [0.717, 1.165) is 13.0 Å². The number of rotatable bonds is 5. The van der Waals surface area contributed by atoms with Crippen molar-refractivity contribution in [2.75, 3.05) is 6.54 Å². The van der Waals surface area contributed by atoms with Crippen LogP contribution in [0.25, 0.3) is 10.9 Å². The van der Waals surface area contributed by atoms with Gasteiger partial charge in [0.05, 0.1) is 5.69 Å². The molecule has 22 heavy (non-hydrogen) atoms. The molecular weight excluding hydrogens is 278 g/mol. The molecule has 5 heteroatoms. The molecule has 0 spiro atoms. The van der Waals surface area contributed by atoms with E-state index in [1.807, 2.05) is 12.1 Å². The Bertz CT molecular complexity index is 801. The van der Waals surface area contributed by atoms with Crippen molar-refractivity contribution in [3.05, 3.63) is 53.9 Å². The van der Waals surface area contributed by atoms with Gasteiger partial charge in [0.25, 0.3) is 5.91 Å². The molecule has 3 rings (SSSR count). The molecule has 0 saturated carbocycles. The third-order valence-corrected chi connectivity index (χ3v) is 3.65. The number of hydrogen-bond donors (Lipinski definition) is 1. The Labute approximate surface area is 129 Å². The number of nitrogens with one attached hydrogen (secondary N) is 1. The highest BCUT2D eigenvalue weighted by Gasteiger charge is 2.14. The second kappa shape index (κ2) is 6.05. The minimum atomic E-state index is -0.199. The summed E-state index contributed by atoms with van der Waals surface area (Å²) in [6.45, 7) is 4.98. The molecule has 0 bridgehead atoms. The average Bonchev–Trinajstić information content (AvgIpc) is 3.07. The van der Waals surface area contributed by atoms with Crippen molar-refractivity contribution in [3.8, 4) is 0 Å². The first kappa shape index (κ1) is 14.4. The van der Waals surface area contributed by atoms with E-state index < -0.39 is 0 Å². The first-order chi connectivity index (χ1) is 10.6. The number of carbonyl (C=O) groups is 1. The van der Waals surface area contributed by atoms with E-state index in [9.17, 15) is 4.79 Å². The number of aryl methyl sites for hydroxylation is 3. The number of aromatic nitrogens is 2. The van der Waals surface area contributed by atoms with E-state index in [4.69, 9.17) is 4.42 Å². The number of hydrogen-bond acceptors (Lipinski definition) is 3. The van der Waals surface area contributed by atoms with Gasteiger partial charge in [-0.25, -0.2) is 4.98 Å². The highest BCUT2D eigenvalue weighted by atomic mass is 16.4. The predicted octanol–water partition coefficient (Wildman–Crippen LogP) is 3.07. The molecule has 1 aromatic carbocycles. The summed E-state index contributed by atoms with van der Waals surface area (Å²) in [5.74, 6) is 0.626. The quantitative estimate of drug-likeness (QED) is 0.736. The van der Waals surface area contributed by atoms with Crippen LogP contribution < -0.4 is 5.32 Å². The van der Waals surface area contributed by atoms with Crippen molar-refractivity contribution in [2.45, 2.75) is 26.8 Å². The Kier molecular flexibility index (Phi) is 3.96. The first-order valence-electron chi connectivity index (χ1n) is 7.41. The van der Waals surface area contributed by atoms with Gasteiger partial charge in [-0.15, -0.1) is 0 Å².